The van der Waals surface area contributed by atoms with E-state index in [0.29, 0.717) is 22.4 Å². The summed E-state index contributed by atoms with van der Waals surface area (Å²) in [5.74, 6) is -1.28. The van der Waals surface area contributed by atoms with Gasteiger partial charge in [0.25, 0.3) is 0 Å². The van der Waals surface area contributed by atoms with Gasteiger partial charge in [-0.15, -0.1) is 0 Å². The van der Waals surface area contributed by atoms with E-state index in [9.17, 15) is 14.9 Å². The van der Waals surface area contributed by atoms with Gasteiger partial charge in [0.1, 0.15) is 17.4 Å². The molecule has 2 N–H and O–H groups in total. The molecule has 1 atom stereocenters. The lowest BCUT2D eigenvalue weighted by atomic mass is 9.83. The molecular formula is C23H27BrN2O7. The summed E-state index contributed by atoms with van der Waals surface area (Å²) in [5.41, 5.74) is 6.69. The van der Waals surface area contributed by atoms with E-state index in [1.54, 1.807) is 46.8 Å². The molecule has 1 aromatic carbocycles. The van der Waals surface area contributed by atoms with Crippen LogP contribution in [-0.2, 0) is 23.8 Å². The van der Waals surface area contributed by atoms with Crippen molar-refractivity contribution in [3.05, 3.63) is 45.0 Å². The number of ether oxygens (including phenoxy) is 5. The highest BCUT2D eigenvalue weighted by Gasteiger charge is 2.38. The highest BCUT2D eigenvalue weighted by Crippen LogP contribution is 2.45. The third-order valence-electron chi connectivity index (χ3n) is 4.49. The van der Waals surface area contributed by atoms with Crippen molar-refractivity contribution < 1.29 is 33.3 Å². The first kappa shape index (κ1) is 26.1. The molecule has 9 nitrogen and oxygen atoms in total. The lowest BCUT2D eigenvalue weighted by Crippen LogP contribution is -2.26. The second-order valence-electron chi connectivity index (χ2n) is 7.20. The fourth-order valence-electron chi connectivity index (χ4n) is 3.25. The van der Waals surface area contributed by atoms with Gasteiger partial charge in [-0.3, -0.25) is 0 Å². The third kappa shape index (κ3) is 6.20. The number of nitrogens with two attached hydrogens (primary N) is 1. The van der Waals surface area contributed by atoms with E-state index in [-0.39, 0.29) is 47.9 Å². The summed E-state index contributed by atoms with van der Waals surface area (Å²) in [6.07, 6.45) is -0.270. The maximum Gasteiger partial charge on any atom is 0.344 e. The molecule has 0 aliphatic carbocycles. The monoisotopic (exact) mass is 522 g/mol. The van der Waals surface area contributed by atoms with Gasteiger partial charge in [0, 0.05) is 4.47 Å². The zero-order chi connectivity index (χ0) is 24.7. The van der Waals surface area contributed by atoms with Crippen LogP contribution in [0, 0.1) is 11.3 Å². The molecule has 10 heteroatoms. The highest BCUT2D eigenvalue weighted by atomic mass is 79.9. The predicted octanol–water partition coefficient (Wildman–Crippen LogP) is 3.82. The summed E-state index contributed by atoms with van der Waals surface area (Å²) >= 11 is 3.49. The number of rotatable bonds is 9. The van der Waals surface area contributed by atoms with Gasteiger partial charge in [0.05, 0.1) is 30.8 Å². The van der Waals surface area contributed by atoms with Gasteiger partial charge in [-0.2, -0.15) is 5.26 Å². The van der Waals surface area contributed by atoms with Crippen molar-refractivity contribution in [3.63, 3.8) is 0 Å². The number of allylic oxidation sites excluding steroid dienone is 2. The largest absolute Gasteiger partial charge is 0.490 e. The lowest BCUT2D eigenvalue weighted by molar-refractivity contribution is -0.149. The topological polar surface area (TPSA) is 130 Å². The summed E-state index contributed by atoms with van der Waals surface area (Å²) in [6, 6.07) is 5.26. The minimum Gasteiger partial charge on any atom is -0.490 e. The van der Waals surface area contributed by atoms with Crippen LogP contribution < -0.4 is 15.2 Å². The molecule has 178 valence electrons. The van der Waals surface area contributed by atoms with Gasteiger partial charge in [-0.25, -0.2) is 9.59 Å². The fraction of sp³-hybridized carbons (Fsp3) is 0.435. The summed E-state index contributed by atoms with van der Waals surface area (Å²) in [4.78, 5) is 24.7. The maximum atomic E-state index is 12.8. The highest BCUT2D eigenvalue weighted by molar-refractivity contribution is 9.10. The van der Waals surface area contributed by atoms with Gasteiger partial charge in [0.2, 0.25) is 5.88 Å². The standard InChI is InChI=1S/C23H27BrN2O7/c1-6-29-17-8-14(16(24)9-18(17)31-11-19(27)32-12(3)4)21-15(10-25)22(26)33-13(5)20(21)23(28)30-7-2/h8-9,12,21H,6-7,11,26H2,1-5H3. The first-order valence-electron chi connectivity index (χ1n) is 10.4. The molecule has 0 amide bonds. The molecule has 1 aliphatic heterocycles. The summed E-state index contributed by atoms with van der Waals surface area (Å²) in [7, 11) is 0. The Hall–Kier alpha value is -3.19. The van der Waals surface area contributed by atoms with Crippen molar-refractivity contribution in [2.24, 2.45) is 5.73 Å². The van der Waals surface area contributed by atoms with Gasteiger partial charge in [-0.1, -0.05) is 15.9 Å². The van der Waals surface area contributed by atoms with Crippen LogP contribution >= 0.6 is 15.9 Å². The molecule has 1 heterocycles. The molecule has 1 aliphatic rings. The molecule has 33 heavy (non-hydrogen) atoms. The van der Waals surface area contributed by atoms with Crippen molar-refractivity contribution in [2.45, 2.75) is 46.6 Å². The maximum absolute atomic E-state index is 12.8. The molecule has 0 saturated carbocycles. The third-order valence-corrected chi connectivity index (χ3v) is 5.17. The smallest absolute Gasteiger partial charge is 0.344 e. The SMILES string of the molecule is CCOC(=O)C1=C(C)OC(N)=C(C#N)C1c1cc(OCC)c(OCC(=O)OC(C)C)cc1Br. The molecule has 0 aromatic heterocycles. The van der Waals surface area contributed by atoms with Gasteiger partial charge >= 0.3 is 11.9 Å². The predicted molar refractivity (Wildman–Crippen MR) is 122 cm³/mol. The second kappa shape index (κ2) is 11.6. The molecule has 2 rings (SSSR count). The van der Waals surface area contributed by atoms with Crippen molar-refractivity contribution in [3.8, 4) is 17.6 Å². The summed E-state index contributed by atoms with van der Waals surface area (Å²) in [6.45, 7) is 8.68. The zero-order valence-electron chi connectivity index (χ0n) is 19.2. The van der Waals surface area contributed by atoms with Crippen LogP contribution in [0.5, 0.6) is 11.5 Å². The Morgan fingerprint density at radius 3 is 2.45 bits per heavy atom. The second-order valence-corrected chi connectivity index (χ2v) is 8.05. The minimum absolute atomic E-state index is 0.0565. The van der Waals surface area contributed by atoms with E-state index in [4.69, 9.17) is 29.4 Å². The molecule has 1 aromatic rings. The van der Waals surface area contributed by atoms with Crippen LogP contribution in [0.2, 0.25) is 0 Å². The number of halogens is 1. The van der Waals surface area contributed by atoms with E-state index in [2.05, 4.69) is 15.9 Å². The van der Waals surface area contributed by atoms with Crippen LogP contribution in [0.3, 0.4) is 0 Å². The number of nitriles is 1. The van der Waals surface area contributed by atoms with E-state index in [1.165, 1.54) is 0 Å². The quantitative estimate of drug-likeness (QED) is 0.480. The normalized spacial score (nSPS) is 15.6. The average Bonchev–Trinajstić information content (AvgIpc) is 2.73. The molecule has 0 fully saturated rings. The van der Waals surface area contributed by atoms with Crippen molar-refractivity contribution in [1.29, 1.82) is 5.26 Å². The van der Waals surface area contributed by atoms with E-state index in [1.807, 2.05) is 6.07 Å². The molecule has 0 saturated heterocycles. The van der Waals surface area contributed by atoms with Gasteiger partial charge in [0.15, 0.2) is 18.1 Å². The van der Waals surface area contributed by atoms with Gasteiger partial charge in [-0.05, 0) is 52.3 Å². The number of carbonyl (C=O) groups is 2. The van der Waals surface area contributed by atoms with Crippen LogP contribution in [0.25, 0.3) is 0 Å². The van der Waals surface area contributed by atoms with Crippen LogP contribution in [0.1, 0.15) is 46.1 Å². The number of esters is 2. The zero-order valence-corrected chi connectivity index (χ0v) is 20.8. The van der Waals surface area contributed by atoms with Crippen LogP contribution in [0.4, 0.5) is 0 Å². The lowest BCUT2D eigenvalue weighted by Gasteiger charge is -2.28. The summed E-state index contributed by atoms with van der Waals surface area (Å²) < 4.78 is 27.6. The van der Waals surface area contributed by atoms with E-state index in [0.717, 1.165) is 0 Å². The number of hydrogen-bond acceptors (Lipinski definition) is 9. The Morgan fingerprint density at radius 1 is 1.21 bits per heavy atom. The Kier molecular flexibility index (Phi) is 9.17. The fourth-order valence-corrected chi connectivity index (χ4v) is 3.80. The molecule has 0 spiro atoms. The molecule has 0 bridgehead atoms. The van der Waals surface area contributed by atoms with Crippen molar-refractivity contribution in [1.82, 2.24) is 0 Å². The average molecular weight is 523 g/mol. The Morgan fingerprint density at radius 2 is 1.88 bits per heavy atom. The van der Waals surface area contributed by atoms with Gasteiger partial charge < -0.3 is 29.4 Å². The molecule has 0 radical (unpaired) electrons. The summed E-state index contributed by atoms with van der Waals surface area (Å²) in [5, 5.41) is 9.78. The molecular weight excluding hydrogens is 496 g/mol. The van der Waals surface area contributed by atoms with Crippen molar-refractivity contribution >= 4 is 27.9 Å². The minimum atomic E-state index is -0.865. The Balaban J connectivity index is 2.56. The Bertz CT molecular complexity index is 1020. The first-order chi connectivity index (χ1) is 15.6. The van der Waals surface area contributed by atoms with E-state index < -0.39 is 17.9 Å². The Labute approximate surface area is 201 Å². The number of nitrogens with zero attached hydrogens (tertiary/aromatic N) is 1. The van der Waals surface area contributed by atoms with Crippen LogP contribution in [0.15, 0.2) is 39.4 Å². The number of hydrogen-bond donors (Lipinski definition) is 1. The number of benzene rings is 1. The first-order valence-corrected chi connectivity index (χ1v) is 11.2. The molecule has 1 unspecified atom stereocenters. The van der Waals surface area contributed by atoms with Crippen molar-refractivity contribution in [2.75, 3.05) is 19.8 Å². The van der Waals surface area contributed by atoms with E-state index >= 15 is 0 Å². The van der Waals surface area contributed by atoms with Crippen LogP contribution in [-0.4, -0.2) is 37.9 Å². The number of carbonyl (C=O) groups excluding carboxylic acids is 2.